The zero-order chi connectivity index (χ0) is 20.6. The van der Waals surface area contributed by atoms with E-state index in [0.717, 1.165) is 27.9 Å². The van der Waals surface area contributed by atoms with Gasteiger partial charge in [-0.05, 0) is 36.2 Å². The number of nitrogens with two attached hydrogens (primary N) is 1. The Morgan fingerprint density at radius 2 is 1.77 bits per heavy atom. The third-order valence-corrected chi connectivity index (χ3v) is 7.37. The lowest BCUT2D eigenvalue weighted by Crippen LogP contribution is -2.40. The zero-order valence-electron chi connectivity index (χ0n) is 16.3. The molecule has 6 atom stereocenters. The summed E-state index contributed by atoms with van der Waals surface area (Å²) >= 11 is 0. The number of benzene rings is 1. The molecule has 0 spiro atoms. The standard InChI is InChI=1S/C23H22N4O3/c24-19(28)7-8-26-11-12(13-3-1-2-4-18(13)26)10-25-27-22(29)20-14-5-6-15(17-9-16(14)17)21(20)23(27)30/h1-6,10-11,14-17,20-21H,7-9H2,(H2,24,28)/b25-10+. The summed E-state index contributed by atoms with van der Waals surface area (Å²) in [6.07, 6.45) is 9.17. The molecule has 6 unspecified atom stereocenters. The van der Waals surface area contributed by atoms with Gasteiger partial charge in [-0.3, -0.25) is 14.4 Å². The maximum Gasteiger partial charge on any atom is 0.254 e. The molecule has 2 aromatic rings. The number of carbonyl (C=O) groups is 3. The molecule has 2 heterocycles. The van der Waals surface area contributed by atoms with E-state index in [0.29, 0.717) is 18.4 Å². The number of rotatable bonds is 5. The summed E-state index contributed by atoms with van der Waals surface area (Å²) < 4.78 is 1.95. The molecule has 5 aliphatic rings. The van der Waals surface area contributed by atoms with Crippen molar-refractivity contribution in [2.45, 2.75) is 19.4 Å². The van der Waals surface area contributed by atoms with Gasteiger partial charge in [0.05, 0.1) is 18.1 Å². The number of aromatic nitrogens is 1. The van der Waals surface area contributed by atoms with E-state index < -0.39 is 0 Å². The van der Waals surface area contributed by atoms with Gasteiger partial charge in [-0.15, -0.1) is 0 Å². The largest absolute Gasteiger partial charge is 0.370 e. The van der Waals surface area contributed by atoms with Gasteiger partial charge in [0.2, 0.25) is 5.91 Å². The number of allylic oxidation sites excluding steroid dienone is 2. The summed E-state index contributed by atoms with van der Waals surface area (Å²) in [5, 5.41) is 6.40. The van der Waals surface area contributed by atoms with Crippen molar-refractivity contribution in [1.82, 2.24) is 9.58 Å². The van der Waals surface area contributed by atoms with Crippen LogP contribution in [0.2, 0.25) is 0 Å². The Kier molecular flexibility index (Phi) is 3.61. The predicted octanol–water partition coefficient (Wildman–Crippen LogP) is 1.90. The number of primary amides is 1. The molecule has 3 amide bonds. The smallest absolute Gasteiger partial charge is 0.254 e. The minimum Gasteiger partial charge on any atom is -0.370 e. The predicted molar refractivity (Wildman–Crippen MR) is 110 cm³/mol. The average molecular weight is 402 g/mol. The van der Waals surface area contributed by atoms with Crippen LogP contribution in [0.1, 0.15) is 18.4 Å². The van der Waals surface area contributed by atoms with E-state index in [4.69, 9.17) is 5.73 Å². The average Bonchev–Trinajstić information content (AvgIpc) is 3.45. The van der Waals surface area contributed by atoms with Crippen LogP contribution in [0.3, 0.4) is 0 Å². The van der Waals surface area contributed by atoms with Gasteiger partial charge in [0.25, 0.3) is 11.8 Å². The summed E-state index contributed by atoms with van der Waals surface area (Å²) in [6, 6.07) is 7.78. The molecule has 3 fully saturated rings. The minimum absolute atomic E-state index is 0.164. The fourth-order valence-electron chi connectivity index (χ4n) is 5.97. The highest BCUT2D eigenvalue weighted by Gasteiger charge is 2.67. The maximum absolute atomic E-state index is 13.1. The van der Waals surface area contributed by atoms with E-state index in [1.54, 1.807) is 6.21 Å². The van der Waals surface area contributed by atoms with Crippen LogP contribution in [-0.2, 0) is 20.9 Å². The number of imide groups is 1. The van der Waals surface area contributed by atoms with Crippen molar-refractivity contribution < 1.29 is 14.4 Å². The second kappa shape index (κ2) is 6.14. The van der Waals surface area contributed by atoms with Crippen molar-refractivity contribution in [3.05, 3.63) is 48.2 Å². The second-order valence-corrected chi connectivity index (χ2v) is 8.90. The van der Waals surface area contributed by atoms with Crippen molar-refractivity contribution in [2.24, 2.45) is 46.3 Å². The molecule has 7 nitrogen and oxygen atoms in total. The first-order valence-electron chi connectivity index (χ1n) is 10.5. The normalized spacial score (nSPS) is 33.5. The van der Waals surface area contributed by atoms with E-state index in [9.17, 15) is 14.4 Å². The number of nitrogens with zero attached hydrogens (tertiary/aromatic N) is 3. The second-order valence-electron chi connectivity index (χ2n) is 8.90. The SMILES string of the molecule is NC(=O)CCn1cc(/C=N/N2C(=O)C3C4C=CC(C5CC45)C3C2=O)c2ccccc21. The molecule has 1 aromatic heterocycles. The van der Waals surface area contributed by atoms with Crippen LogP contribution in [0.25, 0.3) is 10.9 Å². The number of fused-ring (bicyclic) bond motifs is 1. The number of hydrazone groups is 1. The lowest BCUT2D eigenvalue weighted by Gasteiger charge is -2.37. The molecule has 2 saturated carbocycles. The molecular weight excluding hydrogens is 380 g/mol. The molecule has 30 heavy (non-hydrogen) atoms. The molecule has 7 rings (SSSR count). The topological polar surface area (TPSA) is 97.8 Å². The summed E-state index contributed by atoms with van der Waals surface area (Å²) in [4.78, 5) is 37.3. The fourth-order valence-corrected chi connectivity index (χ4v) is 5.97. The van der Waals surface area contributed by atoms with Crippen LogP contribution in [0, 0.1) is 35.5 Å². The van der Waals surface area contributed by atoms with Crippen LogP contribution in [-0.4, -0.2) is 33.5 Å². The van der Waals surface area contributed by atoms with Crippen LogP contribution >= 0.6 is 0 Å². The maximum atomic E-state index is 13.1. The molecule has 1 aliphatic heterocycles. The first kappa shape index (κ1) is 17.6. The van der Waals surface area contributed by atoms with E-state index in [1.807, 2.05) is 35.0 Å². The third kappa shape index (κ3) is 2.38. The van der Waals surface area contributed by atoms with Crippen LogP contribution in [0.4, 0.5) is 0 Å². The number of hydrogen-bond acceptors (Lipinski definition) is 4. The summed E-state index contributed by atoms with van der Waals surface area (Å²) in [6.45, 7) is 0.465. The van der Waals surface area contributed by atoms with E-state index >= 15 is 0 Å². The molecule has 2 bridgehead atoms. The molecule has 7 heteroatoms. The van der Waals surface area contributed by atoms with Gasteiger partial charge in [0, 0.05) is 35.6 Å². The van der Waals surface area contributed by atoms with Crippen molar-refractivity contribution in [3.63, 3.8) is 0 Å². The quantitative estimate of drug-likeness (QED) is 0.470. The Morgan fingerprint density at radius 1 is 1.10 bits per heavy atom. The van der Waals surface area contributed by atoms with Gasteiger partial charge < -0.3 is 10.3 Å². The number of para-hydroxylation sites is 1. The summed E-state index contributed by atoms with van der Waals surface area (Å²) in [5.74, 6) is 0.354. The highest BCUT2D eigenvalue weighted by Crippen LogP contribution is 2.65. The molecule has 2 N–H and O–H groups in total. The van der Waals surface area contributed by atoms with Gasteiger partial charge in [-0.25, -0.2) is 0 Å². The zero-order valence-corrected chi connectivity index (χ0v) is 16.3. The Labute approximate surface area is 173 Å². The molecule has 152 valence electrons. The fraction of sp³-hybridized carbons (Fsp3) is 0.391. The van der Waals surface area contributed by atoms with E-state index in [1.165, 1.54) is 0 Å². The molecule has 1 saturated heterocycles. The Hall–Kier alpha value is -3.22. The molecular formula is C23H22N4O3. The highest BCUT2D eigenvalue weighted by atomic mass is 16.2. The molecule has 0 radical (unpaired) electrons. The van der Waals surface area contributed by atoms with E-state index in [-0.39, 0.29) is 47.8 Å². The van der Waals surface area contributed by atoms with Gasteiger partial charge >= 0.3 is 0 Å². The first-order chi connectivity index (χ1) is 14.5. The number of carbonyl (C=O) groups excluding carboxylic acids is 3. The van der Waals surface area contributed by atoms with Crippen molar-refractivity contribution >= 4 is 34.8 Å². The van der Waals surface area contributed by atoms with Gasteiger partial charge in [0.15, 0.2) is 0 Å². The van der Waals surface area contributed by atoms with Crippen LogP contribution < -0.4 is 5.73 Å². The Bertz CT molecular complexity index is 1130. The lowest BCUT2D eigenvalue weighted by molar-refractivity contribution is -0.140. The van der Waals surface area contributed by atoms with Gasteiger partial charge in [-0.2, -0.15) is 10.1 Å². The van der Waals surface area contributed by atoms with Crippen molar-refractivity contribution in [1.29, 1.82) is 0 Å². The number of amides is 3. The monoisotopic (exact) mass is 402 g/mol. The number of hydrogen-bond donors (Lipinski definition) is 1. The third-order valence-electron chi connectivity index (χ3n) is 7.37. The summed E-state index contributed by atoms with van der Waals surface area (Å²) in [7, 11) is 0. The Morgan fingerprint density at radius 3 is 2.43 bits per heavy atom. The lowest BCUT2D eigenvalue weighted by atomic mass is 9.63. The number of aryl methyl sites for hydroxylation is 1. The van der Waals surface area contributed by atoms with Crippen molar-refractivity contribution in [3.8, 4) is 0 Å². The van der Waals surface area contributed by atoms with Gasteiger partial charge in [0.1, 0.15) is 0 Å². The first-order valence-corrected chi connectivity index (χ1v) is 10.5. The van der Waals surface area contributed by atoms with Crippen molar-refractivity contribution in [2.75, 3.05) is 0 Å². The van der Waals surface area contributed by atoms with Gasteiger partial charge in [-0.1, -0.05) is 30.4 Å². The highest BCUT2D eigenvalue weighted by molar-refractivity contribution is 6.07. The van der Waals surface area contributed by atoms with Crippen LogP contribution in [0.5, 0.6) is 0 Å². The van der Waals surface area contributed by atoms with E-state index in [2.05, 4.69) is 17.3 Å². The van der Waals surface area contributed by atoms with Crippen LogP contribution in [0.15, 0.2) is 47.7 Å². The minimum atomic E-state index is -0.361. The summed E-state index contributed by atoms with van der Waals surface area (Å²) in [5.41, 5.74) is 7.05. The Balaban J connectivity index is 1.31. The molecule has 1 aromatic carbocycles. The molecule has 4 aliphatic carbocycles.